The van der Waals surface area contributed by atoms with Gasteiger partial charge in [-0.1, -0.05) is 29.8 Å². The first-order valence-corrected chi connectivity index (χ1v) is 10.2. The number of benzene rings is 2. The maximum atomic E-state index is 12.7. The summed E-state index contributed by atoms with van der Waals surface area (Å²) in [5, 5.41) is 0.549. The van der Waals surface area contributed by atoms with E-state index in [1.54, 1.807) is 6.07 Å². The molecule has 1 aromatic heterocycles. The minimum Gasteiger partial charge on any atom is -0.316 e. The quantitative estimate of drug-likeness (QED) is 0.520. The van der Waals surface area contributed by atoms with Gasteiger partial charge in [-0.25, -0.2) is 13.1 Å². The molecule has 0 aliphatic rings. The van der Waals surface area contributed by atoms with Crippen LogP contribution in [0.3, 0.4) is 0 Å². The van der Waals surface area contributed by atoms with Crippen molar-refractivity contribution in [2.75, 3.05) is 20.6 Å². The first-order chi connectivity index (χ1) is 13.2. The van der Waals surface area contributed by atoms with Crippen molar-refractivity contribution in [1.82, 2.24) is 19.6 Å². The van der Waals surface area contributed by atoms with Crippen molar-refractivity contribution >= 4 is 32.7 Å². The van der Waals surface area contributed by atoms with Crippen molar-refractivity contribution in [3.05, 3.63) is 73.8 Å². The molecule has 0 saturated heterocycles. The van der Waals surface area contributed by atoms with E-state index in [1.807, 2.05) is 37.2 Å². The van der Waals surface area contributed by atoms with Gasteiger partial charge in [0.25, 0.3) is 0 Å². The normalized spacial score (nSPS) is 13.1. The Hall–Kier alpha value is -2.46. The molecule has 3 rings (SSSR count). The van der Waals surface area contributed by atoms with Crippen LogP contribution in [0.2, 0.25) is 5.02 Å². The van der Waals surface area contributed by atoms with Crippen molar-refractivity contribution in [2.45, 2.75) is 10.9 Å². The summed E-state index contributed by atoms with van der Waals surface area (Å²) < 4.78 is 28.1. The molecule has 10 heteroatoms. The lowest BCUT2D eigenvalue weighted by atomic mass is 10.1. The van der Waals surface area contributed by atoms with Gasteiger partial charge in [0, 0.05) is 17.6 Å². The number of hydrogen-bond acceptors (Lipinski definition) is 5. The number of nitrogens with zero attached hydrogens (tertiary/aromatic N) is 1. The number of sulfonamides is 1. The number of halogens is 1. The molecule has 1 heterocycles. The zero-order valence-electron chi connectivity index (χ0n) is 15.2. The van der Waals surface area contributed by atoms with Crippen LogP contribution in [0, 0.1) is 0 Å². The molecule has 0 aliphatic heterocycles. The Kier molecular flexibility index (Phi) is 5.71. The standard InChI is InChI=1S/C18H19ClN4O4S/c1-23(2)16(12-5-3-4-6-13(12)19)10-20-28(26,27)11-7-8-14-15(9-11)22-18(25)17(24)21-14/h3-9,16,20H,10H2,1-2H3,(H,21,24)(H,22,25). The van der Waals surface area contributed by atoms with E-state index in [1.165, 1.54) is 18.2 Å². The molecule has 0 amide bonds. The van der Waals surface area contributed by atoms with Crippen LogP contribution < -0.4 is 15.8 Å². The number of likely N-dealkylation sites (N-methyl/N-ethyl adjacent to an activating group) is 1. The summed E-state index contributed by atoms with van der Waals surface area (Å²) in [6.07, 6.45) is 0. The maximum absolute atomic E-state index is 12.7. The molecule has 28 heavy (non-hydrogen) atoms. The lowest BCUT2D eigenvalue weighted by Crippen LogP contribution is -2.34. The zero-order valence-corrected chi connectivity index (χ0v) is 16.8. The Morgan fingerprint density at radius 1 is 1.04 bits per heavy atom. The summed E-state index contributed by atoms with van der Waals surface area (Å²) in [6, 6.07) is 11.1. The van der Waals surface area contributed by atoms with Gasteiger partial charge in [0.2, 0.25) is 10.0 Å². The predicted molar refractivity (Wildman–Crippen MR) is 108 cm³/mol. The lowest BCUT2D eigenvalue weighted by molar-refractivity contribution is 0.299. The number of fused-ring (bicyclic) bond motifs is 1. The Labute approximate surface area is 166 Å². The minimum atomic E-state index is -3.86. The molecule has 148 valence electrons. The Bertz CT molecular complexity index is 1230. The van der Waals surface area contributed by atoms with Crippen molar-refractivity contribution in [1.29, 1.82) is 0 Å². The summed E-state index contributed by atoms with van der Waals surface area (Å²) in [4.78, 5) is 29.5. The number of aromatic nitrogens is 2. The average Bonchev–Trinajstić information content (AvgIpc) is 2.63. The van der Waals surface area contributed by atoms with Crippen LogP contribution in [0.1, 0.15) is 11.6 Å². The number of rotatable bonds is 6. The lowest BCUT2D eigenvalue weighted by Gasteiger charge is -2.26. The van der Waals surface area contributed by atoms with Gasteiger partial charge in [-0.15, -0.1) is 0 Å². The molecule has 0 bridgehead atoms. The number of aromatic amines is 2. The van der Waals surface area contributed by atoms with E-state index >= 15 is 0 Å². The predicted octanol–water partition coefficient (Wildman–Crippen LogP) is 1.45. The highest BCUT2D eigenvalue weighted by molar-refractivity contribution is 7.89. The molecule has 3 aromatic rings. The Morgan fingerprint density at radius 2 is 1.68 bits per heavy atom. The van der Waals surface area contributed by atoms with Crippen LogP contribution in [0.25, 0.3) is 11.0 Å². The van der Waals surface area contributed by atoms with Gasteiger partial charge in [0.05, 0.1) is 15.9 Å². The van der Waals surface area contributed by atoms with Gasteiger partial charge in [0.15, 0.2) is 0 Å². The molecule has 3 N–H and O–H groups in total. The van der Waals surface area contributed by atoms with E-state index < -0.39 is 21.1 Å². The summed E-state index contributed by atoms with van der Waals surface area (Å²) in [5.41, 5.74) is -0.276. The van der Waals surface area contributed by atoms with E-state index in [4.69, 9.17) is 11.6 Å². The summed E-state index contributed by atoms with van der Waals surface area (Å²) >= 11 is 6.26. The van der Waals surface area contributed by atoms with Crippen LogP contribution >= 0.6 is 11.6 Å². The van der Waals surface area contributed by atoms with Gasteiger partial charge in [-0.2, -0.15) is 0 Å². The summed E-state index contributed by atoms with van der Waals surface area (Å²) in [5.74, 6) is 0. The molecule has 0 saturated carbocycles. The smallest absolute Gasteiger partial charge is 0.314 e. The van der Waals surface area contributed by atoms with Crippen LogP contribution in [-0.4, -0.2) is 43.9 Å². The van der Waals surface area contributed by atoms with Crippen molar-refractivity contribution < 1.29 is 8.42 Å². The molecule has 0 radical (unpaired) electrons. The molecular formula is C18H19ClN4O4S. The second kappa shape index (κ2) is 7.88. The largest absolute Gasteiger partial charge is 0.316 e. The van der Waals surface area contributed by atoms with Crippen molar-refractivity contribution in [3.8, 4) is 0 Å². The van der Waals surface area contributed by atoms with Crippen LogP contribution in [0.4, 0.5) is 0 Å². The van der Waals surface area contributed by atoms with Crippen LogP contribution in [0.5, 0.6) is 0 Å². The van der Waals surface area contributed by atoms with E-state index in [0.29, 0.717) is 10.5 Å². The molecule has 1 unspecified atom stereocenters. The fraction of sp³-hybridized carbons (Fsp3) is 0.222. The van der Waals surface area contributed by atoms with Gasteiger partial charge < -0.3 is 14.9 Å². The first-order valence-electron chi connectivity index (χ1n) is 8.36. The molecule has 0 aliphatic carbocycles. The highest BCUT2D eigenvalue weighted by Gasteiger charge is 2.21. The Balaban J connectivity index is 1.89. The van der Waals surface area contributed by atoms with E-state index in [2.05, 4.69) is 14.7 Å². The molecule has 8 nitrogen and oxygen atoms in total. The number of hydrogen-bond donors (Lipinski definition) is 3. The van der Waals surface area contributed by atoms with Gasteiger partial charge >= 0.3 is 11.1 Å². The van der Waals surface area contributed by atoms with Gasteiger partial charge in [0.1, 0.15) is 0 Å². The number of nitrogens with one attached hydrogen (secondary N) is 3. The summed E-state index contributed by atoms with van der Waals surface area (Å²) in [7, 11) is -0.192. The molecular weight excluding hydrogens is 404 g/mol. The van der Waals surface area contributed by atoms with Crippen molar-refractivity contribution in [3.63, 3.8) is 0 Å². The second-order valence-corrected chi connectivity index (χ2v) is 8.64. The van der Waals surface area contributed by atoms with E-state index in [-0.39, 0.29) is 23.0 Å². The number of H-pyrrole nitrogens is 2. The van der Waals surface area contributed by atoms with E-state index in [0.717, 1.165) is 5.56 Å². The third kappa shape index (κ3) is 4.17. The van der Waals surface area contributed by atoms with Crippen LogP contribution in [0.15, 0.2) is 56.9 Å². The zero-order chi connectivity index (χ0) is 20.5. The topological polar surface area (TPSA) is 115 Å². The minimum absolute atomic E-state index is 0.0284. The van der Waals surface area contributed by atoms with Crippen LogP contribution in [-0.2, 0) is 10.0 Å². The maximum Gasteiger partial charge on any atom is 0.314 e. The monoisotopic (exact) mass is 422 g/mol. The average molecular weight is 423 g/mol. The second-order valence-electron chi connectivity index (χ2n) is 6.47. The van der Waals surface area contributed by atoms with Gasteiger partial charge in [-0.3, -0.25) is 9.59 Å². The highest BCUT2D eigenvalue weighted by Crippen LogP contribution is 2.26. The molecule has 2 aromatic carbocycles. The van der Waals surface area contributed by atoms with Gasteiger partial charge in [-0.05, 0) is 43.9 Å². The molecule has 0 fully saturated rings. The van der Waals surface area contributed by atoms with E-state index in [9.17, 15) is 18.0 Å². The fourth-order valence-electron chi connectivity index (χ4n) is 2.85. The third-order valence-electron chi connectivity index (χ3n) is 4.36. The molecule has 0 spiro atoms. The molecule has 1 atom stereocenters. The highest BCUT2D eigenvalue weighted by atomic mass is 35.5. The van der Waals surface area contributed by atoms with Crippen molar-refractivity contribution in [2.24, 2.45) is 0 Å². The first kappa shape index (κ1) is 20.3. The summed E-state index contributed by atoms with van der Waals surface area (Å²) in [6.45, 7) is 0.0965. The Morgan fingerprint density at radius 3 is 2.32 bits per heavy atom. The fourth-order valence-corrected chi connectivity index (χ4v) is 4.17. The SMILES string of the molecule is CN(C)C(CNS(=O)(=O)c1ccc2[nH]c(=O)c(=O)[nH]c2c1)c1ccccc1Cl. The third-order valence-corrected chi connectivity index (χ3v) is 6.12.